The number of aliphatic carboxylic acids is 1. The second-order valence-corrected chi connectivity index (χ2v) is 10.1. The number of rotatable bonds is 6. The van der Waals surface area contributed by atoms with E-state index in [-0.39, 0.29) is 31.0 Å². The molecule has 0 radical (unpaired) electrons. The summed E-state index contributed by atoms with van der Waals surface area (Å²) in [5.41, 5.74) is 3.98. The molecule has 2 atom stereocenters. The highest BCUT2D eigenvalue weighted by molar-refractivity contribution is 5.86. The molecule has 2 amide bonds. The molecule has 1 saturated carbocycles. The average Bonchev–Trinajstić information content (AvgIpc) is 3.15. The minimum absolute atomic E-state index is 0.0189. The Morgan fingerprint density at radius 3 is 2.23 bits per heavy atom. The molecule has 7 nitrogen and oxygen atoms in total. The van der Waals surface area contributed by atoms with Gasteiger partial charge >= 0.3 is 12.1 Å². The van der Waals surface area contributed by atoms with Gasteiger partial charge in [-0.2, -0.15) is 0 Å². The molecular weight excluding hydrogens is 444 g/mol. The van der Waals surface area contributed by atoms with Crippen LogP contribution < -0.4 is 5.32 Å². The third kappa shape index (κ3) is 4.17. The number of carboxylic acids is 1. The molecule has 184 valence electrons. The topological polar surface area (TPSA) is 95.9 Å². The van der Waals surface area contributed by atoms with Crippen molar-refractivity contribution in [2.75, 3.05) is 19.7 Å². The Balaban J connectivity index is 1.21. The zero-order valence-electron chi connectivity index (χ0n) is 20.0. The van der Waals surface area contributed by atoms with Crippen LogP contribution in [0.25, 0.3) is 11.1 Å². The largest absolute Gasteiger partial charge is 0.481 e. The Labute approximate surface area is 205 Å². The Kier molecular flexibility index (Phi) is 6.26. The number of ether oxygens (including phenoxy) is 1. The predicted octanol–water partition coefficient (Wildman–Crippen LogP) is 4.41. The van der Waals surface area contributed by atoms with Gasteiger partial charge in [0.25, 0.3) is 0 Å². The number of carbonyl (C=O) groups is 3. The number of fused-ring (bicyclic) bond motifs is 3. The van der Waals surface area contributed by atoms with Crippen LogP contribution in [0.15, 0.2) is 48.5 Å². The lowest BCUT2D eigenvalue weighted by Gasteiger charge is -2.47. The predicted molar refractivity (Wildman–Crippen MR) is 131 cm³/mol. The van der Waals surface area contributed by atoms with E-state index in [0.29, 0.717) is 32.2 Å². The zero-order valence-corrected chi connectivity index (χ0v) is 20.0. The summed E-state index contributed by atoms with van der Waals surface area (Å²) >= 11 is 0. The molecule has 1 saturated heterocycles. The number of alkyl carbamates (subject to hydrolysis) is 1. The van der Waals surface area contributed by atoms with E-state index in [1.165, 1.54) is 11.1 Å². The third-order valence-corrected chi connectivity index (χ3v) is 8.25. The van der Waals surface area contributed by atoms with Crippen LogP contribution in [-0.2, 0) is 14.3 Å². The lowest BCUT2D eigenvalue weighted by molar-refractivity contribution is -0.157. The van der Waals surface area contributed by atoms with Crippen LogP contribution in [0.1, 0.15) is 56.1 Å². The van der Waals surface area contributed by atoms with E-state index < -0.39 is 23.4 Å². The lowest BCUT2D eigenvalue weighted by atomic mass is 9.67. The Bertz CT molecular complexity index is 1100. The van der Waals surface area contributed by atoms with Gasteiger partial charge in [0.05, 0.1) is 11.3 Å². The Morgan fingerprint density at radius 2 is 1.66 bits per heavy atom. The van der Waals surface area contributed by atoms with Gasteiger partial charge in [-0.15, -0.1) is 0 Å². The van der Waals surface area contributed by atoms with Gasteiger partial charge in [0.15, 0.2) is 0 Å². The van der Waals surface area contributed by atoms with Gasteiger partial charge in [0, 0.05) is 25.0 Å². The van der Waals surface area contributed by atoms with Crippen molar-refractivity contribution in [1.82, 2.24) is 10.2 Å². The minimum atomic E-state index is -0.852. The van der Waals surface area contributed by atoms with Crippen LogP contribution >= 0.6 is 0 Å². The highest BCUT2D eigenvalue weighted by atomic mass is 16.5. The zero-order chi connectivity index (χ0) is 24.6. The van der Waals surface area contributed by atoms with E-state index in [1.54, 1.807) is 4.90 Å². The lowest BCUT2D eigenvalue weighted by Crippen LogP contribution is -2.58. The van der Waals surface area contributed by atoms with Crippen LogP contribution in [0.5, 0.6) is 0 Å². The molecule has 2 aromatic carbocycles. The molecule has 2 aliphatic carbocycles. The van der Waals surface area contributed by atoms with Crippen LogP contribution in [0.2, 0.25) is 0 Å². The van der Waals surface area contributed by atoms with Crippen molar-refractivity contribution < 1.29 is 24.2 Å². The number of nitrogens with one attached hydrogen (secondary N) is 1. The third-order valence-electron chi connectivity index (χ3n) is 8.25. The average molecular weight is 477 g/mol. The van der Waals surface area contributed by atoms with Gasteiger partial charge in [-0.3, -0.25) is 9.59 Å². The summed E-state index contributed by atoms with van der Waals surface area (Å²) in [5.74, 6) is -1.45. The van der Waals surface area contributed by atoms with Crippen molar-refractivity contribution in [1.29, 1.82) is 0 Å². The number of amides is 2. The van der Waals surface area contributed by atoms with Gasteiger partial charge < -0.3 is 20.1 Å². The monoisotopic (exact) mass is 476 g/mol. The standard InChI is InChI=1S/C28H32N2O5/c1-18-19(25(31)32)12-6-15-30(18)26(33)28(13-7-14-28)17-29-27(34)35-16-24-22-10-4-2-8-20(22)21-9-3-5-11-23(21)24/h2-5,8-11,18-19,24H,6-7,12-17H2,1H3,(H,29,34)(H,31,32)/t18-,19-/m1/s1. The molecule has 3 aliphatic rings. The SMILES string of the molecule is C[C@@H]1[C@H](C(=O)O)CCCN1C(=O)C1(CNC(=O)OCC2c3ccccc3-c3ccccc32)CCC1. The van der Waals surface area contributed by atoms with E-state index in [2.05, 4.69) is 29.6 Å². The van der Waals surface area contributed by atoms with E-state index in [0.717, 1.165) is 17.5 Å². The molecular formula is C28H32N2O5. The molecule has 0 bridgehead atoms. The summed E-state index contributed by atoms with van der Waals surface area (Å²) in [7, 11) is 0. The fraction of sp³-hybridized carbons (Fsp3) is 0.464. The number of piperidine rings is 1. The summed E-state index contributed by atoms with van der Waals surface area (Å²) in [6.07, 6.45) is 3.05. The van der Waals surface area contributed by atoms with E-state index >= 15 is 0 Å². The summed E-state index contributed by atoms with van der Waals surface area (Å²) in [4.78, 5) is 39.5. The number of hydrogen-bond acceptors (Lipinski definition) is 4. The highest BCUT2D eigenvalue weighted by Crippen LogP contribution is 2.45. The molecule has 7 heteroatoms. The smallest absolute Gasteiger partial charge is 0.407 e. The maximum atomic E-state index is 13.5. The summed E-state index contributed by atoms with van der Waals surface area (Å²) in [6, 6.07) is 16.0. The molecule has 0 spiro atoms. The Hall–Kier alpha value is -3.35. The van der Waals surface area contributed by atoms with Crippen molar-refractivity contribution in [2.45, 2.75) is 51.0 Å². The van der Waals surface area contributed by atoms with E-state index in [9.17, 15) is 19.5 Å². The molecule has 0 unspecified atom stereocenters. The molecule has 2 aromatic rings. The first-order chi connectivity index (χ1) is 16.9. The fourth-order valence-corrected chi connectivity index (χ4v) is 6.03. The number of carboxylic acid groups (broad SMARTS) is 1. The normalized spacial score (nSPS) is 22.5. The number of nitrogens with zero attached hydrogens (tertiary/aromatic N) is 1. The quantitative estimate of drug-likeness (QED) is 0.644. The van der Waals surface area contributed by atoms with Crippen LogP contribution in [0, 0.1) is 11.3 Å². The molecule has 1 aliphatic heterocycles. The second-order valence-electron chi connectivity index (χ2n) is 10.1. The van der Waals surface area contributed by atoms with Crippen molar-refractivity contribution in [3.05, 3.63) is 59.7 Å². The highest BCUT2D eigenvalue weighted by Gasteiger charge is 2.49. The van der Waals surface area contributed by atoms with Crippen molar-refractivity contribution in [3.63, 3.8) is 0 Å². The van der Waals surface area contributed by atoms with Crippen LogP contribution in [0.4, 0.5) is 4.79 Å². The summed E-state index contributed by atoms with van der Waals surface area (Å²) < 4.78 is 5.65. The molecule has 2 fully saturated rings. The molecule has 1 heterocycles. The number of benzene rings is 2. The van der Waals surface area contributed by atoms with Crippen molar-refractivity contribution in [3.8, 4) is 11.1 Å². The van der Waals surface area contributed by atoms with Gasteiger partial charge in [-0.25, -0.2) is 4.79 Å². The van der Waals surface area contributed by atoms with Gasteiger partial charge in [-0.05, 0) is 54.9 Å². The van der Waals surface area contributed by atoms with E-state index in [1.807, 2.05) is 31.2 Å². The molecule has 0 aromatic heterocycles. The molecule has 5 rings (SSSR count). The van der Waals surface area contributed by atoms with Gasteiger partial charge in [0.1, 0.15) is 6.61 Å². The fourth-order valence-electron chi connectivity index (χ4n) is 6.03. The van der Waals surface area contributed by atoms with E-state index in [4.69, 9.17) is 4.74 Å². The van der Waals surface area contributed by atoms with Crippen LogP contribution in [-0.4, -0.2) is 53.7 Å². The first-order valence-electron chi connectivity index (χ1n) is 12.5. The maximum Gasteiger partial charge on any atom is 0.407 e. The number of hydrogen-bond donors (Lipinski definition) is 2. The molecule has 2 N–H and O–H groups in total. The van der Waals surface area contributed by atoms with Gasteiger partial charge in [-0.1, -0.05) is 55.0 Å². The van der Waals surface area contributed by atoms with Gasteiger partial charge in [0.2, 0.25) is 5.91 Å². The maximum absolute atomic E-state index is 13.5. The summed E-state index contributed by atoms with van der Waals surface area (Å²) in [6.45, 7) is 2.82. The first kappa shape index (κ1) is 23.4. The second kappa shape index (κ2) is 9.36. The van der Waals surface area contributed by atoms with Crippen LogP contribution in [0.3, 0.4) is 0 Å². The van der Waals surface area contributed by atoms with Crippen molar-refractivity contribution >= 4 is 18.0 Å². The summed E-state index contributed by atoms with van der Waals surface area (Å²) in [5, 5.41) is 12.4. The first-order valence-corrected chi connectivity index (χ1v) is 12.5. The number of likely N-dealkylation sites (tertiary alicyclic amines) is 1. The number of carbonyl (C=O) groups excluding carboxylic acids is 2. The molecule has 35 heavy (non-hydrogen) atoms. The van der Waals surface area contributed by atoms with Crippen molar-refractivity contribution in [2.24, 2.45) is 11.3 Å². The Morgan fingerprint density at radius 1 is 1.03 bits per heavy atom. The minimum Gasteiger partial charge on any atom is -0.481 e.